The average Bonchev–Trinajstić information content (AvgIpc) is 2.48. The molecule has 3 rings (SSSR count). The maximum Gasteiger partial charge on any atom is 0.255 e. The number of ether oxygens (including phenoxy) is 1. The second-order valence-corrected chi connectivity index (χ2v) is 4.31. The van der Waals surface area contributed by atoms with Crippen LogP contribution in [0.3, 0.4) is 0 Å². The summed E-state index contributed by atoms with van der Waals surface area (Å²) >= 11 is 0. The zero-order chi connectivity index (χ0) is 13.2. The highest BCUT2D eigenvalue weighted by atomic mass is 16.5. The van der Waals surface area contributed by atoms with E-state index >= 15 is 0 Å². The number of nitrogens with one attached hydrogen (secondary N) is 1. The molecule has 3 heteroatoms. The highest BCUT2D eigenvalue weighted by molar-refractivity contribution is 5.95. The second kappa shape index (κ2) is 4.61. The second-order valence-electron chi connectivity index (χ2n) is 4.31. The smallest absolute Gasteiger partial charge is 0.255 e. The number of aromatic nitrogens is 1. The van der Waals surface area contributed by atoms with Gasteiger partial charge in [-0.15, -0.1) is 0 Å². The minimum absolute atomic E-state index is 0.0622. The Kier molecular flexibility index (Phi) is 2.80. The van der Waals surface area contributed by atoms with Gasteiger partial charge in [0.05, 0.1) is 7.11 Å². The van der Waals surface area contributed by atoms with Crippen LogP contribution < -0.4 is 10.3 Å². The van der Waals surface area contributed by atoms with Crippen molar-refractivity contribution in [3.8, 4) is 16.9 Å². The van der Waals surface area contributed by atoms with Gasteiger partial charge < -0.3 is 9.72 Å². The zero-order valence-corrected chi connectivity index (χ0v) is 10.5. The van der Waals surface area contributed by atoms with Gasteiger partial charge in [0, 0.05) is 17.1 Å². The first kappa shape index (κ1) is 11.5. The summed E-state index contributed by atoms with van der Waals surface area (Å²) in [6.45, 7) is 0. The quantitative estimate of drug-likeness (QED) is 0.760. The molecule has 0 saturated heterocycles. The highest BCUT2D eigenvalue weighted by Crippen LogP contribution is 2.27. The number of hydrogen-bond acceptors (Lipinski definition) is 2. The molecular formula is C16H13NO2. The molecule has 94 valence electrons. The largest absolute Gasteiger partial charge is 0.497 e. The molecule has 0 aliphatic rings. The maximum atomic E-state index is 11.8. The molecule has 3 nitrogen and oxygen atoms in total. The van der Waals surface area contributed by atoms with Gasteiger partial charge in [-0.05, 0) is 29.1 Å². The van der Waals surface area contributed by atoms with Crippen LogP contribution in [0.15, 0.2) is 59.5 Å². The van der Waals surface area contributed by atoms with E-state index < -0.39 is 0 Å². The van der Waals surface area contributed by atoms with Crippen molar-refractivity contribution >= 4 is 10.8 Å². The summed E-state index contributed by atoms with van der Waals surface area (Å²) in [6, 6.07) is 15.4. The van der Waals surface area contributed by atoms with E-state index in [4.69, 9.17) is 4.74 Å². The Morgan fingerprint density at radius 1 is 0.947 bits per heavy atom. The van der Waals surface area contributed by atoms with Crippen LogP contribution in [0.5, 0.6) is 5.75 Å². The molecule has 0 aliphatic heterocycles. The van der Waals surface area contributed by atoms with E-state index in [9.17, 15) is 4.79 Å². The topological polar surface area (TPSA) is 42.1 Å². The normalized spacial score (nSPS) is 10.6. The number of methoxy groups -OCH3 is 1. The van der Waals surface area contributed by atoms with Gasteiger partial charge in [-0.1, -0.05) is 30.3 Å². The monoisotopic (exact) mass is 251 g/mol. The number of aromatic amines is 1. The molecule has 19 heavy (non-hydrogen) atoms. The van der Waals surface area contributed by atoms with Gasteiger partial charge in [0.25, 0.3) is 5.56 Å². The molecule has 1 aromatic heterocycles. The lowest BCUT2D eigenvalue weighted by Crippen LogP contribution is -2.05. The molecule has 3 aromatic rings. The predicted molar refractivity (Wildman–Crippen MR) is 76.6 cm³/mol. The summed E-state index contributed by atoms with van der Waals surface area (Å²) < 4.78 is 5.15. The van der Waals surface area contributed by atoms with Gasteiger partial charge in [0.1, 0.15) is 5.75 Å². The van der Waals surface area contributed by atoms with Crippen molar-refractivity contribution in [2.24, 2.45) is 0 Å². The van der Waals surface area contributed by atoms with Crippen molar-refractivity contribution in [1.82, 2.24) is 4.98 Å². The number of hydrogen-bond donors (Lipinski definition) is 1. The lowest BCUT2D eigenvalue weighted by Gasteiger charge is -2.07. The van der Waals surface area contributed by atoms with E-state index in [1.54, 1.807) is 13.3 Å². The molecule has 0 spiro atoms. The SMILES string of the molecule is COc1ccc(-c2c[nH]c(=O)c3ccccc23)cc1. The molecule has 0 bridgehead atoms. The summed E-state index contributed by atoms with van der Waals surface area (Å²) in [5.74, 6) is 0.817. The first-order chi connectivity index (χ1) is 9.29. The van der Waals surface area contributed by atoms with E-state index in [1.165, 1.54) is 0 Å². The molecule has 1 heterocycles. The molecule has 1 N–H and O–H groups in total. The minimum atomic E-state index is -0.0622. The molecule has 2 aromatic carbocycles. The number of rotatable bonds is 2. The van der Waals surface area contributed by atoms with Crippen LogP contribution in [-0.4, -0.2) is 12.1 Å². The third kappa shape index (κ3) is 1.99. The zero-order valence-electron chi connectivity index (χ0n) is 10.5. The van der Waals surface area contributed by atoms with Gasteiger partial charge in [-0.3, -0.25) is 4.79 Å². The summed E-state index contributed by atoms with van der Waals surface area (Å²) in [4.78, 5) is 14.6. The van der Waals surface area contributed by atoms with Gasteiger partial charge in [0.2, 0.25) is 0 Å². The average molecular weight is 251 g/mol. The molecule has 0 saturated carbocycles. The highest BCUT2D eigenvalue weighted by Gasteiger charge is 2.06. The van der Waals surface area contributed by atoms with Crippen LogP contribution >= 0.6 is 0 Å². The Labute approximate surface area is 110 Å². The van der Waals surface area contributed by atoms with E-state index in [-0.39, 0.29) is 5.56 Å². The van der Waals surface area contributed by atoms with Crippen molar-refractivity contribution < 1.29 is 4.74 Å². The molecule has 0 amide bonds. The standard InChI is InChI=1S/C16H13NO2/c1-19-12-8-6-11(7-9-12)15-10-17-16(18)14-5-3-2-4-13(14)15/h2-10H,1H3,(H,17,18). The van der Waals surface area contributed by atoms with Crippen LogP contribution in [0.2, 0.25) is 0 Å². The van der Waals surface area contributed by atoms with Crippen molar-refractivity contribution in [1.29, 1.82) is 0 Å². The van der Waals surface area contributed by atoms with E-state index in [2.05, 4.69) is 4.98 Å². The summed E-state index contributed by atoms with van der Waals surface area (Å²) in [6.07, 6.45) is 1.76. The van der Waals surface area contributed by atoms with Crippen molar-refractivity contribution in [3.63, 3.8) is 0 Å². The Bertz CT molecular complexity index is 773. The van der Waals surface area contributed by atoms with Crippen LogP contribution in [0, 0.1) is 0 Å². The molecule has 0 atom stereocenters. The van der Waals surface area contributed by atoms with E-state index in [0.29, 0.717) is 5.39 Å². The summed E-state index contributed by atoms with van der Waals surface area (Å²) in [5, 5.41) is 1.66. The Morgan fingerprint density at radius 2 is 1.63 bits per heavy atom. The molecule has 0 fully saturated rings. The van der Waals surface area contributed by atoms with Gasteiger partial charge in [0.15, 0.2) is 0 Å². The number of H-pyrrole nitrogens is 1. The number of benzene rings is 2. The van der Waals surface area contributed by atoms with Crippen LogP contribution in [0.25, 0.3) is 21.9 Å². The van der Waals surface area contributed by atoms with Crippen molar-refractivity contribution in [2.75, 3.05) is 7.11 Å². The fourth-order valence-electron chi connectivity index (χ4n) is 2.22. The Hall–Kier alpha value is -2.55. The fourth-order valence-corrected chi connectivity index (χ4v) is 2.22. The molecule has 0 unspecified atom stereocenters. The molecule has 0 aliphatic carbocycles. The lowest BCUT2D eigenvalue weighted by molar-refractivity contribution is 0.415. The van der Waals surface area contributed by atoms with Crippen molar-refractivity contribution in [3.05, 3.63) is 65.1 Å². The maximum absolute atomic E-state index is 11.8. The third-order valence-corrected chi connectivity index (χ3v) is 3.21. The lowest BCUT2D eigenvalue weighted by atomic mass is 10.0. The molecular weight excluding hydrogens is 238 g/mol. The molecule has 0 radical (unpaired) electrons. The minimum Gasteiger partial charge on any atom is -0.497 e. The van der Waals surface area contributed by atoms with Gasteiger partial charge in [-0.25, -0.2) is 0 Å². The first-order valence-corrected chi connectivity index (χ1v) is 6.04. The van der Waals surface area contributed by atoms with Crippen LogP contribution in [-0.2, 0) is 0 Å². The Morgan fingerprint density at radius 3 is 2.32 bits per heavy atom. The van der Waals surface area contributed by atoms with Gasteiger partial charge in [-0.2, -0.15) is 0 Å². The van der Waals surface area contributed by atoms with Crippen molar-refractivity contribution in [2.45, 2.75) is 0 Å². The summed E-state index contributed by atoms with van der Waals surface area (Å²) in [5.41, 5.74) is 2.00. The number of pyridine rings is 1. The third-order valence-electron chi connectivity index (χ3n) is 3.21. The number of fused-ring (bicyclic) bond motifs is 1. The predicted octanol–water partition coefficient (Wildman–Crippen LogP) is 3.20. The van der Waals surface area contributed by atoms with Gasteiger partial charge >= 0.3 is 0 Å². The Balaban J connectivity index is 2.24. The summed E-state index contributed by atoms with van der Waals surface area (Å²) in [7, 11) is 1.64. The first-order valence-electron chi connectivity index (χ1n) is 6.04. The fraction of sp³-hybridized carbons (Fsp3) is 0.0625. The van der Waals surface area contributed by atoms with E-state index in [1.807, 2.05) is 48.5 Å². The van der Waals surface area contributed by atoms with E-state index in [0.717, 1.165) is 22.3 Å². The van der Waals surface area contributed by atoms with Crippen LogP contribution in [0.4, 0.5) is 0 Å². The van der Waals surface area contributed by atoms with Crippen LogP contribution in [0.1, 0.15) is 0 Å².